The number of amides is 2. The van der Waals surface area contributed by atoms with Crippen LogP contribution in [0.3, 0.4) is 0 Å². The van der Waals surface area contributed by atoms with Crippen LogP contribution < -0.4 is 0 Å². The maximum absolute atomic E-state index is 12.7. The SMILES string of the molecule is Cc1cn[nH]c1C[C@@H]1CCCN(C(=O)CN2CCCCCC2=O)C1. The van der Waals surface area contributed by atoms with Gasteiger partial charge in [-0.3, -0.25) is 14.7 Å². The van der Waals surface area contributed by atoms with Crippen LogP contribution in [0, 0.1) is 12.8 Å². The number of rotatable bonds is 4. The molecule has 1 aromatic rings. The molecular formula is C18H28N4O2. The Morgan fingerprint density at radius 2 is 2.17 bits per heavy atom. The molecule has 0 aliphatic carbocycles. The van der Waals surface area contributed by atoms with Crippen LogP contribution in [0.5, 0.6) is 0 Å². The fraction of sp³-hybridized carbons (Fsp3) is 0.722. The van der Waals surface area contributed by atoms with Gasteiger partial charge in [-0.1, -0.05) is 6.42 Å². The zero-order valence-electron chi connectivity index (χ0n) is 14.6. The van der Waals surface area contributed by atoms with Crippen molar-refractivity contribution in [3.63, 3.8) is 0 Å². The Morgan fingerprint density at radius 3 is 2.96 bits per heavy atom. The highest BCUT2D eigenvalue weighted by Gasteiger charge is 2.27. The molecule has 2 aliphatic rings. The van der Waals surface area contributed by atoms with E-state index in [9.17, 15) is 9.59 Å². The van der Waals surface area contributed by atoms with E-state index < -0.39 is 0 Å². The second-order valence-corrected chi connectivity index (χ2v) is 7.21. The monoisotopic (exact) mass is 332 g/mol. The molecule has 0 unspecified atom stereocenters. The number of piperidine rings is 1. The third-order valence-electron chi connectivity index (χ3n) is 5.30. The molecule has 2 fully saturated rings. The number of carbonyl (C=O) groups is 2. The minimum atomic E-state index is 0.108. The summed E-state index contributed by atoms with van der Waals surface area (Å²) in [5, 5.41) is 7.16. The first-order valence-corrected chi connectivity index (χ1v) is 9.18. The minimum Gasteiger partial charge on any atom is -0.341 e. The lowest BCUT2D eigenvalue weighted by molar-refractivity contribution is -0.141. The number of aromatic amines is 1. The van der Waals surface area contributed by atoms with E-state index in [4.69, 9.17) is 0 Å². The summed E-state index contributed by atoms with van der Waals surface area (Å²) in [4.78, 5) is 28.5. The van der Waals surface area contributed by atoms with Crippen molar-refractivity contribution in [1.29, 1.82) is 0 Å². The Kier molecular flexibility index (Phi) is 5.53. The van der Waals surface area contributed by atoms with Gasteiger partial charge in [0.15, 0.2) is 0 Å². The smallest absolute Gasteiger partial charge is 0.242 e. The molecule has 24 heavy (non-hydrogen) atoms. The number of hydrogen-bond donors (Lipinski definition) is 1. The highest BCUT2D eigenvalue weighted by molar-refractivity contribution is 5.85. The van der Waals surface area contributed by atoms with Crippen molar-refractivity contribution in [3.05, 3.63) is 17.5 Å². The van der Waals surface area contributed by atoms with E-state index in [1.54, 1.807) is 4.90 Å². The summed E-state index contributed by atoms with van der Waals surface area (Å²) in [6.45, 7) is 4.66. The molecule has 0 bridgehead atoms. The highest BCUT2D eigenvalue weighted by Crippen LogP contribution is 2.22. The Labute approximate surface area is 143 Å². The first kappa shape index (κ1) is 17.0. The molecule has 1 aromatic heterocycles. The van der Waals surface area contributed by atoms with E-state index in [1.165, 1.54) is 11.3 Å². The molecule has 6 nitrogen and oxygen atoms in total. The molecule has 3 heterocycles. The fourth-order valence-electron chi connectivity index (χ4n) is 3.80. The van der Waals surface area contributed by atoms with Gasteiger partial charge in [-0.2, -0.15) is 5.10 Å². The lowest BCUT2D eigenvalue weighted by Crippen LogP contribution is -2.46. The van der Waals surface area contributed by atoms with Crippen molar-refractivity contribution in [2.45, 2.75) is 51.9 Å². The number of H-pyrrole nitrogens is 1. The topological polar surface area (TPSA) is 69.3 Å². The molecule has 2 aliphatic heterocycles. The van der Waals surface area contributed by atoms with E-state index in [-0.39, 0.29) is 18.4 Å². The predicted octanol–water partition coefficient (Wildman–Crippen LogP) is 1.90. The van der Waals surface area contributed by atoms with Crippen LogP contribution in [-0.2, 0) is 16.0 Å². The summed E-state index contributed by atoms with van der Waals surface area (Å²) in [5.74, 6) is 0.723. The van der Waals surface area contributed by atoms with Crippen LogP contribution in [-0.4, -0.2) is 58.0 Å². The van der Waals surface area contributed by atoms with Gasteiger partial charge in [0.05, 0.1) is 12.7 Å². The van der Waals surface area contributed by atoms with Crippen LogP contribution >= 0.6 is 0 Å². The Balaban J connectivity index is 1.54. The number of nitrogens with one attached hydrogen (secondary N) is 1. The van der Waals surface area contributed by atoms with Crippen molar-refractivity contribution in [3.8, 4) is 0 Å². The van der Waals surface area contributed by atoms with E-state index in [0.29, 0.717) is 12.3 Å². The molecule has 132 valence electrons. The molecule has 6 heteroatoms. The van der Waals surface area contributed by atoms with Crippen LogP contribution in [0.4, 0.5) is 0 Å². The molecule has 2 saturated heterocycles. The maximum Gasteiger partial charge on any atom is 0.242 e. The number of likely N-dealkylation sites (tertiary alicyclic amines) is 2. The Morgan fingerprint density at radius 1 is 1.29 bits per heavy atom. The minimum absolute atomic E-state index is 0.108. The number of carbonyl (C=O) groups excluding carboxylic acids is 2. The second-order valence-electron chi connectivity index (χ2n) is 7.21. The first-order valence-electron chi connectivity index (χ1n) is 9.18. The van der Waals surface area contributed by atoms with Crippen molar-refractivity contribution >= 4 is 11.8 Å². The summed E-state index contributed by atoms with van der Waals surface area (Å²) in [7, 11) is 0. The molecule has 1 N–H and O–H groups in total. The number of hydrogen-bond acceptors (Lipinski definition) is 3. The van der Waals surface area contributed by atoms with Gasteiger partial charge in [0, 0.05) is 31.7 Å². The molecule has 1 atom stereocenters. The average molecular weight is 332 g/mol. The maximum atomic E-state index is 12.7. The molecule has 3 rings (SSSR count). The molecule has 0 radical (unpaired) electrons. The summed E-state index contributed by atoms with van der Waals surface area (Å²) in [6, 6.07) is 0. The van der Waals surface area contributed by atoms with E-state index in [2.05, 4.69) is 17.1 Å². The van der Waals surface area contributed by atoms with E-state index in [0.717, 1.165) is 58.2 Å². The van der Waals surface area contributed by atoms with Gasteiger partial charge in [-0.15, -0.1) is 0 Å². The average Bonchev–Trinajstić information content (AvgIpc) is 2.86. The molecule has 0 spiro atoms. The molecule has 2 amide bonds. The van der Waals surface area contributed by atoms with Gasteiger partial charge in [-0.25, -0.2) is 0 Å². The lowest BCUT2D eigenvalue weighted by atomic mass is 9.92. The van der Waals surface area contributed by atoms with Crippen LogP contribution in [0.1, 0.15) is 49.8 Å². The van der Waals surface area contributed by atoms with Gasteiger partial charge in [0.2, 0.25) is 11.8 Å². The summed E-state index contributed by atoms with van der Waals surface area (Å²) >= 11 is 0. The van der Waals surface area contributed by atoms with Gasteiger partial charge < -0.3 is 9.80 Å². The standard InChI is InChI=1S/C18H28N4O2/c1-14-11-19-20-16(14)10-15-6-5-9-21(12-15)18(24)13-22-8-4-2-3-7-17(22)23/h11,15H,2-10,12-13H2,1H3,(H,19,20)/t15-/m0/s1. The van der Waals surface area contributed by atoms with Crippen molar-refractivity contribution < 1.29 is 9.59 Å². The molecular weight excluding hydrogens is 304 g/mol. The highest BCUT2D eigenvalue weighted by atomic mass is 16.2. The number of aryl methyl sites for hydroxylation is 1. The van der Waals surface area contributed by atoms with Gasteiger partial charge in [-0.05, 0) is 50.5 Å². The van der Waals surface area contributed by atoms with Crippen molar-refractivity contribution in [1.82, 2.24) is 20.0 Å². The van der Waals surface area contributed by atoms with Crippen molar-refractivity contribution in [2.75, 3.05) is 26.2 Å². The number of nitrogens with zero attached hydrogens (tertiary/aromatic N) is 3. The zero-order chi connectivity index (χ0) is 16.9. The lowest BCUT2D eigenvalue weighted by Gasteiger charge is -2.34. The van der Waals surface area contributed by atoms with Gasteiger partial charge in [0.1, 0.15) is 0 Å². The van der Waals surface area contributed by atoms with Crippen LogP contribution in [0.25, 0.3) is 0 Å². The predicted molar refractivity (Wildman–Crippen MR) is 91.4 cm³/mol. The van der Waals surface area contributed by atoms with Gasteiger partial charge in [0.25, 0.3) is 0 Å². The largest absolute Gasteiger partial charge is 0.341 e. The van der Waals surface area contributed by atoms with Crippen LogP contribution in [0.15, 0.2) is 6.20 Å². The molecule has 0 saturated carbocycles. The third kappa shape index (κ3) is 4.16. The van der Waals surface area contributed by atoms with Crippen LogP contribution in [0.2, 0.25) is 0 Å². The number of aromatic nitrogens is 2. The Bertz CT molecular complexity index is 583. The summed E-state index contributed by atoms with van der Waals surface area (Å²) in [5.41, 5.74) is 2.37. The normalized spacial score (nSPS) is 22.5. The first-order chi connectivity index (χ1) is 11.6. The van der Waals surface area contributed by atoms with Gasteiger partial charge >= 0.3 is 0 Å². The Hall–Kier alpha value is -1.85. The quantitative estimate of drug-likeness (QED) is 0.915. The fourth-order valence-corrected chi connectivity index (χ4v) is 3.80. The summed E-state index contributed by atoms with van der Waals surface area (Å²) in [6.07, 6.45) is 8.63. The summed E-state index contributed by atoms with van der Waals surface area (Å²) < 4.78 is 0. The van der Waals surface area contributed by atoms with E-state index >= 15 is 0 Å². The third-order valence-corrected chi connectivity index (χ3v) is 5.30. The molecule has 0 aromatic carbocycles. The van der Waals surface area contributed by atoms with E-state index in [1.807, 2.05) is 11.1 Å². The second kappa shape index (κ2) is 7.81. The van der Waals surface area contributed by atoms with Crippen molar-refractivity contribution in [2.24, 2.45) is 5.92 Å². The zero-order valence-corrected chi connectivity index (χ0v) is 14.6.